The highest BCUT2D eigenvalue weighted by Crippen LogP contribution is 2.41. The summed E-state index contributed by atoms with van der Waals surface area (Å²) in [6.07, 6.45) is 0. The van der Waals surface area contributed by atoms with E-state index in [2.05, 4.69) is 34.6 Å². The lowest BCUT2D eigenvalue weighted by molar-refractivity contribution is 0.208. The molecular formula is C10H24O2Si. The molecule has 0 heterocycles. The number of hydrogen-bond acceptors (Lipinski definition) is 2. The van der Waals surface area contributed by atoms with Gasteiger partial charge in [-0.15, -0.1) is 0 Å². The minimum Gasteiger partial charge on any atom is -0.397 e. The molecule has 13 heavy (non-hydrogen) atoms. The zero-order valence-corrected chi connectivity index (χ0v) is 11.1. The van der Waals surface area contributed by atoms with Crippen molar-refractivity contribution >= 4 is 8.56 Å². The van der Waals surface area contributed by atoms with Crippen LogP contribution in [0.25, 0.3) is 0 Å². The minimum absolute atomic E-state index is 0.140. The number of hydrogen-bond donors (Lipinski definition) is 0. The van der Waals surface area contributed by atoms with E-state index in [0.29, 0.717) is 5.92 Å². The molecule has 0 rings (SSSR count). The number of rotatable bonds is 4. The summed E-state index contributed by atoms with van der Waals surface area (Å²) in [6, 6.07) is 1.06. The van der Waals surface area contributed by atoms with Crippen molar-refractivity contribution in [2.75, 3.05) is 14.2 Å². The van der Waals surface area contributed by atoms with Gasteiger partial charge in [-0.1, -0.05) is 34.6 Å². The fraction of sp³-hybridized carbons (Fsp3) is 1.00. The summed E-state index contributed by atoms with van der Waals surface area (Å²) in [6.45, 7) is 11.0. The first kappa shape index (κ1) is 13.1. The van der Waals surface area contributed by atoms with E-state index in [0.717, 1.165) is 6.04 Å². The molecule has 0 fully saturated rings. The molecule has 0 aromatic heterocycles. The van der Waals surface area contributed by atoms with Gasteiger partial charge in [0, 0.05) is 19.3 Å². The van der Waals surface area contributed by atoms with Gasteiger partial charge < -0.3 is 8.85 Å². The SMILES string of the molecule is CO[Si](CC(C)C)(OC)C(C)(C)C. The van der Waals surface area contributed by atoms with Gasteiger partial charge in [0.1, 0.15) is 0 Å². The van der Waals surface area contributed by atoms with E-state index in [1.807, 2.05) is 0 Å². The van der Waals surface area contributed by atoms with Gasteiger partial charge in [-0.25, -0.2) is 0 Å². The maximum Gasteiger partial charge on any atom is 0.343 e. The molecule has 0 aliphatic rings. The van der Waals surface area contributed by atoms with Gasteiger partial charge in [-0.3, -0.25) is 0 Å². The van der Waals surface area contributed by atoms with Gasteiger partial charge in [0.05, 0.1) is 0 Å². The van der Waals surface area contributed by atoms with E-state index in [1.165, 1.54) is 0 Å². The summed E-state index contributed by atoms with van der Waals surface area (Å²) in [5, 5.41) is 0.140. The fourth-order valence-electron chi connectivity index (χ4n) is 1.71. The molecule has 0 aromatic rings. The Hall–Kier alpha value is 0.137. The van der Waals surface area contributed by atoms with E-state index in [-0.39, 0.29) is 5.04 Å². The molecule has 80 valence electrons. The average molecular weight is 204 g/mol. The highest BCUT2D eigenvalue weighted by molar-refractivity contribution is 6.70. The zero-order chi connectivity index (χ0) is 10.7. The third-order valence-electron chi connectivity index (χ3n) is 2.48. The van der Waals surface area contributed by atoms with Gasteiger partial charge in [0.2, 0.25) is 0 Å². The predicted molar refractivity (Wildman–Crippen MR) is 59.1 cm³/mol. The largest absolute Gasteiger partial charge is 0.397 e. The van der Waals surface area contributed by atoms with Crippen LogP contribution < -0.4 is 0 Å². The second-order valence-corrected chi connectivity index (χ2v) is 9.24. The van der Waals surface area contributed by atoms with Crippen LogP contribution in [0.3, 0.4) is 0 Å². The Labute approximate surface area is 83.9 Å². The van der Waals surface area contributed by atoms with Crippen molar-refractivity contribution in [2.45, 2.75) is 45.7 Å². The highest BCUT2D eigenvalue weighted by atomic mass is 28.4. The molecule has 0 saturated carbocycles. The lowest BCUT2D eigenvalue weighted by atomic mass is 10.2. The molecule has 0 aliphatic heterocycles. The van der Waals surface area contributed by atoms with Crippen LogP contribution in [0.5, 0.6) is 0 Å². The first-order chi connectivity index (χ1) is 5.79. The normalized spacial score (nSPS) is 13.8. The van der Waals surface area contributed by atoms with Gasteiger partial charge in [0.25, 0.3) is 0 Å². The lowest BCUT2D eigenvalue weighted by Crippen LogP contribution is -2.49. The first-order valence-electron chi connectivity index (χ1n) is 4.89. The Bertz CT molecular complexity index is 145. The third kappa shape index (κ3) is 3.08. The van der Waals surface area contributed by atoms with Crippen molar-refractivity contribution in [2.24, 2.45) is 5.92 Å². The van der Waals surface area contributed by atoms with Gasteiger partial charge in [-0.2, -0.15) is 0 Å². The molecule has 0 amide bonds. The zero-order valence-electron chi connectivity index (χ0n) is 10.1. The fourth-order valence-corrected chi connectivity index (χ4v) is 5.12. The molecule has 0 spiro atoms. The molecule has 0 unspecified atom stereocenters. The predicted octanol–water partition coefficient (Wildman–Crippen LogP) is 3.18. The van der Waals surface area contributed by atoms with E-state index in [9.17, 15) is 0 Å². The summed E-state index contributed by atoms with van der Waals surface area (Å²) in [4.78, 5) is 0. The Morgan fingerprint density at radius 1 is 1.08 bits per heavy atom. The van der Waals surface area contributed by atoms with Crippen LogP contribution in [-0.4, -0.2) is 22.8 Å². The second kappa shape index (κ2) is 4.58. The van der Waals surface area contributed by atoms with Crippen LogP contribution in [0.15, 0.2) is 0 Å². The van der Waals surface area contributed by atoms with Crippen molar-refractivity contribution in [3.8, 4) is 0 Å². The maximum absolute atomic E-state index is 5.68. The quantitative estimate of drug-likeness (QED) is 0.655. The Balaban J connectivity index is 4.70. The summed E-state index contributed by atoms with van der Waals surface area (Å²) in [7, 11) is 1.55. The molecule has 0 saturated heterocycles. The molecule has 0 atom stereocenters. The van der Waals surface area contributed by atoms with Gasteiger partial charge in [-0.05, 0) is 12.0 Å². The molecule has 3 heteroatoms. The highest BCUT2D eigenvalue weighted by Gasteiger charge is 2.47. The summed E-state index contributed by atoms with van der Waals surface area (Å²) in [5.74, 6) is 0.630. The van der Waals surface area contributed by atoms with E-state index in [1.54, 1.807) is 14.2 Å². The van der Waals surface area contributed by atoms with Crippen molar-refractivity contribution in [1.82, 2.24) is 0 Å². The average Bonchev–Trinajstić information content (AvgIpc) is 1.97. The molecule has 0 radical (unpaired) electrons. The van der Waals surface area contributed by atoms with E-state index >= 15 is 0 Å². The first-order valence-corrected chi connectivity index (χ1v) is 6.91. The van der Waals surface area contributed by atoms with Crippen LogP contribution >= 0.6 is 0 Å². The summed E-state index contributed by atoms with van der Waals surface area (Å²) in [5.41, 5.74) is 0. The molecule has 0 aliphatic carbocycles. The van der Waals surface area contributed by atoms with Crippen LogP contribution in [0.1, 0.15) is 34.6 Å². The van der Waals surface area contributed by atoms with Gasteiger partial charge >= 0.3 is 8.56 Å². The third-order valence-corrected chi connectivity index (χ3v) is 7.44. The Kier molecular flexibility index (Phi) is 4.62. The summed E-state index contributed by atoms with van der Waals surface area (Å²) >= 11 is 0. The lowest BCUT2D eigenvalue weighted by Gasteiger charge is -2.39. The molecular weight excluding hydrogens is 180 g/mol. The topological polar surface area (TPSA) is 18.5 Å². The van der Waals surface area contributed by atoms with Crippen molar-refractivity contribution < 1.29 is 8.85 Å². The standard InChI is InChI=1S/C10H24O2Si/c1-9(2)8-13(11-6,12-7)10(3,4)5/h9H,8H2,1-7H3. The van der Waals surface area contributed by atoms with Crippen LogP contribution in [0, 0.1) is 5.92 Å². The van der Waals surface area contributed by atoms with Crippen LogP contribution in [0.2, 0.25) is 11.1 Å². The Morgan fingerprint density at radius 3 is 1.54 bits per heavy atom. The molecule has 0 aromatic carbocycles. The van der Waals surface area contributed by atoms with E-state index < -0.39 is 8.56 Å². The van der Waals surface area contributed by atoms with Crippen LogP contribution in [0.4, 0.5) is 0 Å². The van der Waals surface area contributed by atoms with E-state index in [4.69, 9.17) is 8.85 Å². The maximum atomic E-state index is 5.68. The monoisotopic (exact) mass is 204 g/mol. The molecule has 0 N–H and O–H groups in total. The van der Waals surface area contributed by atoms with Crippen molar-refractivity contribution in [1.29, 1.82) is 0 Å². The Morgan fingerprint density at radius 2 is 1.46 bits per heavy atom. The van der Waals surface area contributed by atoms with Crippen LogP contribution in [-0.2, 0) is 8.85 Å². The van der Waals surface area contributed by atoms with Gasteiger partial charge in [0.15, 0.2) is 0 Å². The molecule has 0 bridgehead atoms. The van der Waals surface area contributed by atoms with Crippen molar-refractivity contribution in [3.05, 3.63) is 0 Å². The molecule has 2 nitrogen and oxygen atoms in total. The minimum atomic E-state index is -2.01. The van der Waals surface area contributed by atoms with Crippen molar-refractivity contribution in [3.63, 3.8) is 0 Å². The second-order valence-electron chi connectivity index (χ2n) is 5.01. The smallest absolute Gasteiger partial charge is 0.343 e. The summed E-state index contributed by atoms with van der Waals surface area (Å²) < 4.78 is 11.4.